The van der Waals surface area contributed by atoms with Gasteiger partial charge >= 0.3 is 5.97 Å². The zero-order valence-electron chi connectivity index (χ0n) is 7.40. The highest BCUT2D eigenvalue weighted by Gasteiger charge is 2.28. The third-order valence-electron chi connectivity index (χ3n) is 1.85. The van der Waals surface area contributed by atoms with Crippen molar-refractivity contribution in [1.29, 1.82) is 0 Å². The summed E-state index contributed by atoms with van der Waals surface area (Å²) in [5.41, 5.74) is 0.988. The minimum Gasteiger partial charge on any atom is -0.480 e. The maximum Gasteiger partial charge on any atom is 0.319 e. The van der Waals surface area contributed by atoms with Crippen LogP contribution in [0.1, 0.15) is 12.5 Å². The molecule has 0 aromatic heterocycles. The van der Waals surface area contributed by atoms with Gasteiger partial charge in [0, 0.05) is 0 Å². The summed E-state index contributed by atoms with van der Waals surface area (Å²) in [6.07, 6.45) is 0.437. The summed E-state index contributed by atoms with van der Waals surface area (Å²) >= 11 is 4.09. The van der Waals surface area contributed by atoms with Crippen LogP contribution in [0, 0.1) is 0 Å². The molecule has 1 N–H and O–H groups in total. The van der Waals surface area contributed by atoms with E-state index in [4.69, 9.17) is 5.11 Å². The molecule has 3 heteroatoms. The maximum atomic E-state index is 10.7. The lowest BCUT2D eigenvalue weighted by molar-refractivity contribution is -0.139. The van der Waals surface area contributed by atoms with Gasteiger partial charge in [0.15, 0.2) is 0 Å². The van der Waals surface area contributed by atoms with Crippen molar-refractivity contribution in [3.05, 3.63) is 35.9 Å². The second-order valence-corrected chi connectivity index (χ2v) is 4.23. The van der Waals surface area contributed by atoms with Gasteiger partial charge in [-0.25, -0.2) is 0 Å². The van der Waals surface area contributed by atoms with E-state index in [1.807, 2.05) is 30.3 Å². The van der Waals surface area contributed by atoms with Gasteiger partial charge in [0.2, 0.25) is 0 Å². The van der Waals surface area contributed by atoms with Crippen molar-refractivity contribution < 1.29 is 9.90 Å². The van der Waals surface area contributed by atoms with Crippen molar-refractivity contribution in [1.82, 2.24) is 0 Å². The fourth-order valence-corrected chi connectivity index (χ4v) is 1.25. The number of aliphatic carboxylic acids is 1. The number of hydrogen-bond acceptors (Lipinski definition) is 2. The first-order valence-corrected chi connectivity index (χ1v) is 4.47. The molecule has 0 heterocycles. The highest BCUT2D eigenvalue weighted by atomic mass is 32.1. The Morgan fingerprint density at radius 3 is 2.46 bits per heavy atom. The molecule has 0 saturated heterocycles. The van der Waals surface area contributed by atoms with E-state index in [2.05, 4.69) is 12.6 Å². The number of carboxylic acid groups (broad SMARTS) is 1. The second kappa shape index (κ2) is 3.83. The molecule has 0 radical (unpaired) electrons. The Balaban J connectivity index is 2.75. The Kier molecular flexibility index (Phi) is 2.98. The number of carbonyl (C=O) groups is 1. The van der Waals surface area contributed by atoms with Gasteiger partial charge < -0.3 is 5.11 Å². The van der Waals surface area contributed by atoms with E-state index in [1.54, 1.807) is 6.92 Å². The Hall–Kier alpha value is -0.960. The molecule has 70 valence electrons. The molecule has 0 saturated carbocycles. The normalized spacial score (nSPS) is 14.9. The molecular formula is C10H12O2S. The third-order valence-corrected chi connectivity index (χ3v) is 2.20. The summed E-state index contributed by atoms with van der Waals surface area (Å²) < 4.78 is -0.985. The summed E-state index contributed by atoms with van der Waals surface area (Å²) in [4.78, 5) is 10.7. The van der Waals surface area contributed by atoms with Crippen molar-refractivity contribution in [3.63, 3.8) is 0 Å². The van der Waals surface area contributed by atoms with Crippen molar-refractivity contribution in [3.8, 4) is 0 Å². The Bertz CT molecular complexity index is 293. The summed E-state index contributed by atoms with van der Waals surface area (Å²) in [7, 11) is 0. The van der Waals surface area contributed by atoms with Gasteiger partial charge in [0.1, 0.15) is 4.75 Å². The molecule has 1 aromatic rings. The van der Waals surface area contributed by atoms with Crippen LogP contribution < -0.4 is 0 Å². The monoisotopic (exact) mass is 196 g/mol. The Labute approximate surface area is 83.0 Å². The minimum atomic E-state index is -0.985. The number of benzene rings is 1. The molecule has 0 aliphatic carbocycles. The van der Waals surface area contributed by atoms with E-state index in [0.29, 0.717) is 6.42 Å². The first-order chi connectivity index (χ1) is 6.02. The molecule has 0 aliphatic heterocycles. The minimum absolute atomic E-state index is 0.437. The fourth-order valence-electron chi connectivity index (χ4n) is 1.07. The van der Waals surface area contributed by atoms with Gasteiger partial charge in [-0.05, 0) is 18.9 Å². The van der Waals surface area contributed by atoms with Crippen LogP contribution in [0.5, 0.6) is 0 Å². The van der Waals surface area contributed by atoms with Crippen LogP contribution in [-0.4, -0.2) is 15.8 Å². The zero-order chi connectivity index (χ0) is 9.90. The smallest absolute Gasteiger partial charge is 0.319 e. The SMILES string of the molecule is C[C@](S)(Cc1ccccc1)C(=O)O. The number of thiol groups is 1. The van der Waals surface area contributed by atoms with E-state index in [1.165, 1.54) is 0 Å². The average Bonchev–Trinajstić information content (AvgIpc) is 2.05. The molecule has 1 aromatic carbocycles. The largest absolute Gasteiger partial charge is 0.480 e. The predicted octanol–water partition coefficient (Wildman–Crippen LogP) is 2.00. The Morgan fingerprint density at radius 1 is 1.46 bits per heavy atom. The van der Waals surface area contributed by atoms with Gasteiger partial charge in [-0.3, -0.25) is 4.79 Å². The molecule has 1 atom stereocenters. The molecule has 0 fully saturated rings. The van der Waals surface area contributed by atoms with Crippen LogP contribution in [0.3, 0.4) is 0 Å². The van der Waals surface area contributed by atoms with Crippen molar-refractivity contribution in [2.75, 3.05) is 0 Å². The van der Waals surface area contributed by atoms with E-state index in [0.717, 1.165) is 5.56 Å². The predicted molar refractivity (Wildman–Crippen MR) is 55.2 cm³/mol. The summed E-state index contributed by atoms with van der Waals surface area (Å²) in [6.45, 7) is 1.60. The lowest BCUT2D eigenvalue weighted by Gasteiger charge is -2.17. The lowest BCUT2D eigenvalue weighted by atomic mass is 10.0. The number of hydrogen-bond donors (Lipinski definition) is 2. The second-order valence-electron chi connectivity index (χ2n) is 3.24. The van der Waals surface area contributed by atoms with Crippen molar-refractivity contribution in [2.45, 2.75) is 18.1 Å². The van der Waals surface area contributed by atoms with Gasteiger partial charge in [-0.15, -0.1) is 0 Å². The lowest BCUT2D eigenvalue weighted by Crippen LogP contribution is -2.31. The number of rotatable bonds is 3. The average molecular weight is 196 g/mol. The van der Waals surface area contributed by atoms with E-state index in [-0.39, 0.29) is 0 Å². The van der Waals surface area contributed by atoms with Crippen LogP contribution in [0.2, 0.25) is 0 Å². The summed E-state index contributed by atoms with van der Waals surface area (Å²) in [5.74, 6) is -0.889. The van der Waals surface area contributed by atoms with E-state index >= 15 is 0 Å². The molecule has 0 aliphatic rings. The standard InChI is InChI=1S/C10H12O2S/c1-10(13,9(11)12)7-8-5-3-2-4-6-8/h2-6,13H,7H2,1H3,(H,11,12)/t10-/m0/s1. The molecule has 1 rings (SSSR count). The summed E-state index contributed by atoms with van der Waals surface area (Å²) in [5, 5.41) is 8.83. The molecule has 0 bridgehead atoms. The van der Waals surface area contributed by atoms with Crippen LogP contribution >= 0.6 is 12.6 Å². The van der Waals surface area contributed by atoms with Gasteiger partial charge in [-0.1, -0.05) is 30.3 Å². The number of carboxylic acids is 1. The quantitative estimate of drug-likeness (QED) is 0.725. The molecule has 0 spiro atoms. The van der Waals surface area contributed by atoms with Crippen molar-refractivity contribution in [2.24, 2.45) is 0 Å². The van der Waals surface area contributed by atoms with Crippen LogP contribution in [0.4, 0.5) is 0 Å². The fraction of sp³-hybridized carbons (Fsp3) is 0.300. The Morgan fingerprint density at radius 2 is 2.00 bits per heavy atom. The topological polar surface area (TPSA) is 37.3 Å². The molecule has 2 nitrogen and oxygen atoms in total. The highest BCUT2D eigenvalue weighted by molar-refractivity contribution is 7.82. The highest BCUT2D eigenvalue weighted by Crippen LogP contribution is 2.19. The first-order valence-electron chi connectivity index (χ1n) is 4.02. The van der Waals surface area contributed by atoms with Crippen LogP contribution in [0.25, 0.3) is 0 Å². The zero-order valence-corrected chi connectivity index (χ0v) is 8.29. The third kappa shape index (κ3) is 2.77. The first kappa shape index (κ1) is 10.1. The van der Waals surface area contributed by atoms with Crippen molar-refractivity contribution >= 4 is 18.6 Å². The van der Waals surface area contributed by atoms with Gasteiger partial charge in [0.25, 0.3) is 0 Å². The van der Waals surface area contributed by atoms with Gasteiger partial charge in [-0.2, -0.15) is 12.6 Å². The van der Waals surface area contributed by atoms with Crippen LogP contribution in [0.15, 0.2) is 30.3 Å². The van der Waals surface area contributed by atoms with Crippen LogP contribution in [-0.2, 0) is 11.2 Å². The summed E-state index contributed by atoms with van der Waals surface area (Å²) in [6, 6.07) is 9.48. The van der Waals surface area contributed by atoms with Gasteiger partial charge in [0.05, 0.1) is 0 Å². The molecule has 0 amide bonds. The molecule has 0 unspecified atom stereocenters. The van der Waals surface area contributed by atoms with E-state index < -0.39 is 10.7 Å². The molecule has 13 heavy (non-hydrogen) atoms. The van der Waals surface area contributed by atoms with E-state index in [9.17, 15) is 4.79 Å². The molecular weight excluding hydrogens is 184 g/mol. The maximum absolute atomic E-state index is 10.7.